The first-order chi connectivity index (χ1) is 9.92. The van der Waals surface area contributed by atoms with Gasteiger partial charge in [-0.3, -0.25) is 24.5 Å². The third-order valence-corrected chi connectivity index (χ3v) is 2.70. The summed E-state index contributed by atoms with van der Waals surface area (Å²) in [6.45, 7) is -0.349. The molecule has 106 valence electrons. The Morgan fingerprint density at radius 3 is 2.76 bits per heavy atom. The molecule has 8 nitrogen and oxygen atoms in total. The van der Waals surface area contributed by atoms with E-state index in [1.165, 1.54) is 12.1 Å². The van der Waals surface area contributed by atoms with E-state index >= 15 is 0 Å². The molecule has 1 aromatic carbocycles. The minimum atomic E-state index is -1.13. The minimum absolute atomic E-state index is 0.00232. The number of halogens is 1. The number of hydrogen-bond acceptors (Lipinski definition) is 5. The summed E-state index contributed by atoms with van der Waals surface area (Å²) in [4.78, 5) is 34.3. The predicted octanol–water partition coefficient (Wildman–Crippen LogP) is 0.504. The highest BCUT2D eigenvalue weighted by Crippen LogP contribution is 2.11. The van der Waals surface area contributed by atoms with Gasteiger partial charge in [-0.25, -0.2) is 9.18 Å². The van der Waals surface area contributed by atoms with Gasteiger partial charge in [0.05, 0.1) is 29.3 Å². The van der Waals surface area contributed by atoms with Gasteiger partial charge >= 0.3 is 16.9 Å². The van der Waals surface area contributed by atoms with Crippen LogP contribution in [0.3, 0.4) is 0 Å². The number of nitrogens with one attached hydrogen (secondary N) is 1. The van der Waals surface area contributed by atoms with Gasteiger partial charge < -0.3 is 0 Å². The summed E-state index contributed by atoms with van der Waals surface area (Å²) >= 11 is 0. The molecular formula is C12H7FN4O4. The van der Waals surface area contributed by atoms with Crippen LogP contribution in [0, 0.1) is 27.3 Å². The van der Waals surface area contributed by atoms with Crippen molar-refractivity contribution in [2.24, 2.45) is 0 Å². The Morgan fingerprint density at radius 1 is 1.43 bits per heavy atom. The Balaban J connectivity index is 2.52. The summed E-state index contributed by atoms with van der Waals surface area (Å²) in [5, 5.41) is 19.4. The first kappa shape index (κ1) is 14.1. The van der Waals surface area contributed by atoms with Gasteiger partial charge in [0, 0.05) is 5.56 Å². The fraction of sp³-hybridized carbons (Fsp3) is 0.0833. The molecule has 0 aliphatic rings. The number of H-pyrrole nitrogens is 1. The van der Waals surface area contributed by atoms with Crippen LogP contribution in [0.2, 0.25) is 0 Å². The number of hydrogen-bond donors (Lipinski definition) is 1. The van der Waals surface area contributed by atoms with Gasteiger partial charge in [0.1, 0.15) is 5.82 Å². The van der Waals surface area contributed by atoms with E-state index in [9.17, 15) is 24.1 Å². The summed E-state index contributed by atoms with van der Waals surface area (Å²) in [5.41, 5.74) is -2.69. The van der Waals surface area contributed by atoms with Crippen LogP contribution in [0.5, 0.6) is 0 Å². The second-order valence-corrected chi connectivity index (χ2v) is 4.08. The molecule has 0 unspecified atom stereocenters. The number of aromatic nitrogens is 2. The third-order valence-electron chi connectivity index (χ3n) is 2.70. The van der Waals surface area contributed by atoms with Gasteiger partial charge in [0.25, 0.3) is 0 Å². The van der Waals surface area contributed by atoms with Crippen LogP contribution < -0.4 is 11.2 Å². The van der Waals surface area contributed by atoms with E-state index in [1.54, 1.807) is 4.98 Å². The van der Waals surface area contributed by atoms with Crippen molar-refractivity contribution in [1.82, 2.24) is 9.55 Å². The molecule has 1 N–H and O–H groups in total. The molecule has 21 heavy (non-hydrogen) atoms. The zero-order valence-electron chi connectivity index (χ0n) is 10.4. The van der Waals surface area contributed by atoms with Gasteiger partial charge in [-0.05, 0) is 18.2 Å². The molecule has 0 radical (unpaired) electrons. The normalized spacial score (nSPS) is 10.1. The zero-order chi connectivity index (χ0) is 15.6. The van der Waals surface area contributed by atoms with Gasteiger partial charge in [0.2, 0.25) is 0 Å². The van der Waals surface area contributed by atoms with Crippen molar-refractivity contribution in [2.45, 2.75) is 6.54 Å². The maximum Gasteiger partial charge on any atom is 0.350 e. The summed E-state index contributed by atoms with van der Waals surface area (Å²) in [6, 6.07) is 5.35. The molecule has 0 saturated carbocycles. The van der Waals surface area contributed by atoms with E-state index in [1.807, 2.05) is 6.07 Å². The molecule has 2 rings (SSSR count). The van der Waals surface area contributed by atoms with Crippen molar-refractivity contribution in [1.29, 1.82) is 5.26 Å². The lowest BCUT2D eigenvalue weighted by atomic mass is 10.1. The lowest BCUT2D eigenvalue weighted by Crippen LogP contribution is -2.31. The molecule has 2 aromatic rings. The molecular weight excluding hydrogens is 283 g/mol. The highest BCUT2D eigenvalue weighted by molar-refractivity contribution is 5.34. The Labute approximate surface area is 115 Å². The first-order valence-corrected chi connectivity index (χ1v) is 5.59. The van der Waals surface area contributed by atoms with Gasteiger partial charge in [0.15, 0.2) is 0 Å². The fourth-order valence-electron chi connectivity index (χ4n) is 1.69. The average Bonchev–Trinajstić information content (AvgIpc) is 2.43. The van der Waals surface area contributed by atoms with Crippen molar-refractivity contribution in [3.63, 3.8) is 0 Å². The summed E-state index contributed by atoms with van der Waals surface area (Å²) in [7, 11) is 0. The van der Waals surface area contributed by atoms with Crippen molar-refractivity contribution >= 4 is 5.69 Å². The highest BCUT2D eigenvalue weighted by atomic mass is 19.1. The number of nitrogens with zero attached hydrogens (tertiary/aromatic N) is 3. The lowest BCUT2D eigenvalue weighted by molar-refractivity contribution is -0.386. The largest absolute Gasteiger partial charge is 0.350 e. The third kappa shape index (κ3) is 2.84. The molecule has 1 aromatic heterocycles. The molecule has 1 heterocycles. The molecule has 0 atom stereocenters. The monoisotopic (exact) mass is 290 g/mol. The Bertz CT molecular complexity index is 878. The van der Waals surface area contributed by atoms with Crippen LogP contribution in [0.4, 0.5) is 10.1 Å². The number of aromatic amines is 1. The molecule has 0 bridgehead atoms. The van der Waals surface area contributed by atoms with Crippen LogP contribution >= 0.6 is 0 Å². The predicted molar refractivity (Wildman–Crippen MR) is 68.2 cm³/mol. The Morgan fingerprint density at radius 2 is 2.14 bits per heavy atom. The van der Waals surface area contributed by atoms with Crippen molar-refractivity contribution in [3.8, 4) is 6.07 Å². The van der Waals surface area contributed by atoms with Crippen LogP contribution in [0.15, 0.2) is 34.0 Å². The summed E-state index contributed by atoms with van der Waals surface area (Å²) in [5.74, 6) is -0.672. The number of nitriles is 1. The van der Waals surface area contributed by atoms with Crippen LogP contribution in [0.25, 0.3) is 0 Å². The van der Waals surface area contributed by atoms with Gasteiger partial charge in [-0.15, -0.1) is 0 Å². The van der Waals surface area contributed by atoms with Crippen molar-refractivity contribution < 1.29 is 9.31 Å². The topological polar surface area (TPSA) is 122 Å². The second kappa shape index (κ2) is 5.38. The molecule has 9 heteroatoms. The first-order valence-electron chi connectivity index (χ1n) is 5.59. The fourth-order valence-corrected chi connectivity index (χ4v) is 1.69. The maximum absolute atomic E-state index is 13.6. The number of benzene rings is 1. The van der Waals surface area contributed by atoms with Crippen LogP contribution in [-0.4, -0.2) is 14.5 Å². The minimum Gasteiger partial charge on any atom is -0.289 e. The molecule has 0 saturated heterocycles. The summed E-state index contributed by atoms with van der Waals surface area (Å²) in [6.07, 6.45) is 0.736. The van der Waals surface area contributed by atoms with E-state index in [0.717, 1.165) is 16.8 Å². The van der Waals surface area contributed by atoms with E-state index in [-0.39, 0.29) is 17.7 Å². The van der Waals surface area contributed by atoms with E-state index < -0.39 is 27.7 Å². The van der Waals surface area contributed by atoms with Crippen LogP contribution in [-0.2, 0) is 6.54 Å². The van der Waals surface area contributed by atoms with Crippen molar-refractivity contribution in [3.05, 3.63) is 72.3 Å². The molecule has 0 amide bonds. The molecule has 0 fully saturated rings. The van der Waals surface area contributed by atoms with E-state index in [2.05, 4.69) is 0 Å². The SMILES string of the molecule is N#Cc1ccc(F)c(Cn2cc([N+](=O)[O-])c(=O)[nH]c2=O)c1. The smallest absolute Gasteiger partial charge is 0.289 e. The number of rotatable bonds is 3. The van der Waals surface area contributed by atoms with Crippen molar-refractivity contribution in [2.75, 3.05) is 0 Å². The maximum atomic E-state index is 13.6. The summed E-state index contributed by atoms with van der Waals surface area (Å²) < 4.78 is 14.4. The molecule has 0 spiro atoms. The van der Waals surface area contributed by atoms with Gasteiger partial charge in [-0.2, -0.15) is 5.26 Å². The Hall–Kier alpha value is -3.28. The molecule has 0 aliphatic heterocycles. The quantitative estimate of drug-likeness (QED) is 0.651. The van der Waals surface area contributed by atoms with E-state index in [4.69, 9.17) is 5.26 Å². The highest BCUT2D eigenvalue weighted by Gasteiger charge is 2.15. The molecule has 0 aliphatic carbocycles. The lowest BCUT2D eigenvalue weighted by Gasteiger charge is -2.06. The second-order valence-electron chi connectivity index (χ2n) is 4.08. The van der Waals surface area contributed by atoms with E-state index in [0.29, 0.717) is 0 Å². The average molecular weight is 290 g/mol. The van der Waals surface area contributed by atoms with Crippen LogP contribution in [0.1, 0.15) is 11.1 Å². The Kier molecular flexibility index (Phi) is 3.62. The standard InChI is InChI=1S/C12H7FN4O4/c13-9-2-1-7(4-14)3-8(9)5-16-6-10(17(20)21)11(18)15-12(16)19/h1-3,6H,5H2,(H,15,18,19). The zero-order valence-corrected chi connectivity index (χ0v) is 10.4. The van der Waals surface area contributed by atoms with Gasteiger partial charge in [-0.1, -0.05) is 0 Å². The number of nitro groups is 1.